The number of benzene rings is 1. The highest BCUT2D eigenvalue weighted by molar-refractivity contribution is 7.86. The van der Waals surface area contributed by atoms with Crippen molar-refractivity contribution >= 4 is 20.2 Å². The van der Waals surface area contributed by atoms with E-state index in [1.807, 2.05) is 0 Å². The largest absolute Gasteiger partial charge is 0.294 e. The van der Waals surface area contributed by atoms with Crippen molar-refractivity contribution in [1.82, 2.24) is 0 Å². The SMILES string of the molecule is Cc1c(S(=O)(=O)O)cccc1S(=O)(=O)O. The molecule has 0 amide bonds. The monoisotopic (exact) mass is 252 g/mol. The van der Waals surface area contributed by atoms with Crippen LogP contribution in [0.5, 0.6) is 0 Å². The minimum Gasteiger partial charge on any atom is -0.282 e. The van der Waals surface area contributed by atoms with E-state index in [0.29, 0.717) is 0 Å². The van der Waals surface area contributed by atoms with Crippen LogP contribution in [0.4, 0.5) is 0 Å². The molecule has 0 saturated heterocycles. The maximum Gasteiger partial charge on any atom is 0.294 e. The van der Waals surface area contributed by atoms with E-state index in [1.54, 1.807) is 0 Å². The highest BCUT2D eigenvalue weighted by Crippen LogP contribution is 2.21. The normalized spacial score (nSPS) is 12.7. The van der Waals surface area contributed by atoms with Crippen LogP contribution in [0.3, 0.4) is 0 Å². The zero-order chi connectivity index (χ0) is 11.9. The average molecular weight is 252 g/mol. The van der Waals surface area contributed by atoms with Crippen LogP contribution in [0.1, 0.15) is 5.56 Å². The molecular weight excluding hydrogens is 244 g/mol. The fourth-order valence-corrected chi connectivity index (χ4v) is 2.71. The molecule has 0 unspecified atom stereocenters. The van der Waals surface area contributed by atoms with E-state index in [2.05, 4.69) is 0 Å². The summed E-state index contributed by atoms with van der Waals surface area (Å²) in [6, 6.07) is 3.19. The zero-order valence-electron chi connectivity index (χ0n) is 7.58. The molecule has 0 spiro atoms. The van der Waals surface area contributed by atoms with Crippen LogP contribution < -0.4 is 0 Å². The number of rotatable bonds is 2. The van der Waals surface area contributed by atoms with Crippen LogP contribution in [0, 0.1) is 6.92 Å². The van der Waals surface area contributed by atoms with Crippen LogP contribution >= 0.6 is 0 Å². The Balaban J connectivity index is 3.65. The fourth-order valence-electron chi connectivity index (χ4n) is 1.15. The molecule has 0 heterocycles. The molecule has 1 aromatic rings. The Morgan fingerprint density at radius 3 is 1.53 bits per heavy atom. The van der Waals surface area contributed by atoms with Crippen LogP contribution in [0.25, 0.3) is 0 Å². The van der Waals surface area contributed by atoms with Gasteiger partial charge in [0.25, 0.3) is 20.2 Å². The van der Waals surface area contributed by atoms with Crippen molar-refractivity contribution in [2.45, 2.75) is 16.7 Å². The quantitative estimate of drug-likeness (QED) is 0.741. The summed E-state index contributed by atoms with van der Waals surface area (Å²) < 4.78 is 60.8. The maximum absolute atomic E-state index is 10.8. The summed E-state index contributed by atoms with van der Waals surface area (Å²) in [7, 11) is -8.98. The van der Waals surface area contributed by atoms with E-state index in [-0.39, 0.29) is 5.56 Å². The van der Waals surface area contributed by atoms with Gasteiger partial charge in [-0.3, -0.25) is 9.11 Å². The predicted octanol–water partition coefficient (Wildman–Crippen LogP) is 0.488. The predicted molar refractivity (Wildman–Crippen MR) is 50.8 cm³/mol. The number of hydrogen-bond donors (Lipinski definition) is 2. The smallest absolute Gasteiger partial charge is 0.282 e. The molecule has 1 rings (SSSR count). The molecule has 0 radical (unpaired) electrons. The molecule has 0 aliphatic heterocycles. The third kappa shape index (κ3) is 2.53. The maximum atomic E-state index is 10.8. The Labute approximate surface area is 87.1 Å². The van der Waals surface area contributed by atoms with Gasteiger partial charge in [-0.25, -0.2) is 0 Å². The zero-order valence-corrected chi connectivity index (χ0v) is 9.21. The van der Waals surface area contributed by atoms with Gasteiger partial charge in [-0.15, -0.1) is 0 Å². The second kappa shape index (κ2) is 3.56. The molecule has 84 valence electrons. The van der Waals surface area contributed by atoms with Gasteiger partial charge in [0.1, 0.15) is 0 Å². The van der Waals surface area contributed by atoms with E-state index < -0.39 is 30.0 Å². The van der Waals surface area contributed by atoms with Crippen molar-refractivity contribution in [3.8, 4) is 0 Å². The number of hydrogen-bond acceptors (Lipinski definition) is 4. The van der Waals surface area contributed by atoms with Crippen LogP contribution in [0.2, 0.25) is 0 Å². The summed E-state index contributed by atoms with van der Waals surface area (Å²) in [6.07, 6.45) is 0. The van der Waals surface area contributed by atoms with Crippen molar-refractivity contribution in [3.05, 3.63) is 23.8 Å². The first kappa shape index (κ1) is 12.1. The van der Waals surface area contributed by atoms with Gasteiger partial charge in [-0.05, 0) is 24.6 Å². The van der Waals surface area contributed by atoms with Crippen molar-refractivity contribution in [1.29, 1.82) is 0 Å². The Kier molecular flexibility index (Phi) is 2.88. The molecule has 15 heavy (non-hydrogen) atoms. The summed E-state index contributed by atoms with van der Waals surface area (Å²) in [5.41, 5.74) is -0.220. The molecule has 0 bridgehead atoms. The lowest BCUT2D eigenvalue weighted by molar-refractivity contribution is 0.479. The fraction of sp³-hybridized carbons (Fsp3) is 0.143. The van der Waals surface area contributed by atoms with Gasteiger partial charge in [-0.1, -0.05) is 6.07 Å². The average Bonchev–Trinajstić information content (AvgIpc) is 1.99. The molecule has 8 heteroatoms. The first-order valence-corrected chi connectivity index (χ1v) is 6.56. The van der Waals surface area contributed by atoms with Crippen LogP contribution in [-0.2, 0) is 20.2 Å². The molecule has 2 N–H and O–H groups in total. The Morgan fingerprint density at radius 1 is 0.933 bits per heavy atom. The molecule has 0 atom stereocenters. The van der Waals surface area contributed by atoms with Gasteiger partial charge >= 0.3 is 0 Å². The minimum absolute atomic E-state index is 0.220. The second-order valence-electron chi connectivity index (χ2n) is 2.83. The topological polar surface area (TPSA) is 109 Å². The molecule has 6 nitrogen and oxygen atoms in total. The second-order valence-corrected chi connectivity index (χ2v) is 5.61. The summed E-state index contributed by atoms with van der Waals surface area (Å²) in [5.74, 6) is 0. The van der Waals surface area contributed by atoms with E-state index >= 15 is 0 Å². The van der Waals surface area contributed by atoms with Gasteiger partial charge in [0, 0.05) is 0 Å². The molecule has 0 fully saturated rings. The van der Waals surface area contributed by atoms with Crippen molar-refractivity contribution < 1.29 is 25.9 Å². The summed E-state index contributed by atoms with van der Waals surface area (Å²) in [4.78, 5) is -1.09. The lowest BCUT2D eigenvalue weighted by atomic mass is 10.2. The van der Waals surface area contributed by atoms with Gasteiger partial charge in [0.15, 0.2) is 0 Å². The van der Waals surface area contributed by atoms with Crippen LogP contribution in [0.15, 0.2) is 28.0 Å². The van der Waals surface area contributed by atoms with E-state index in [4.69, 9.17) is 9.11 Å². The third-order valence-corrected chi connectivity index (χ3v) is 3.79. The third-order valence-electron chi connectivity index (χ3n) is 1.79. The van der Waals surface area contributed by atoms with Gasteiger partial charge in [0.05, 0.1) is 9.79 Å². The summed E-state index contributed by atoms with van der Waals surface area (Å²) >= 11 is 0. The molecule has 0 aromatic heterocycles. The first-order valence-electron chi connectivity index (χ1n) is 3.68. The highest BCUT2D eigenvalue weighted by atomic mass is 32.2. The minimum atomic E-state index is -4.49. The highest BCUT2D eigenvalue weighted by Gasteiger charge is 2.20. The van der Waals surface area contributed by atoms with E-state index in [1.165, 1.54) is 6.92 Å². The Morgan fingerprint density at radius 2 is 1.27 bits per heavy atom. The summed E-state index contributed by atoms with van der Waals surface area (Å²) in [6.45, 7) is 1.17. The van der Waals surface area contributed by atoms with Crippen molar-refractivity contribution in [2.75, 3.05) is 0 Å². The Bertz CT molecular complexity index is 534. The lowest BCUT2D eigenvalue weighted by Crippen LogP contribution is -2.07. The van der Waals surface area contributed by atoms with Gasteiger partial charge < -0.3 is 0 Å². The Hall–Kier alpha value is -0.960. The van der Waals surface area contributed by atoms with E-state index in [9.17, 15) is 16.8 Å². The molecule has 0 saturated carbocycles. The molecule has 0 aliphatic carbocycles. The van der Waals surface area contributed by atoms with Gasteiger partial charge in [-0.2, -0.15) is 16.8 Å². The summed E-state index contributed by atoms with van der Waals surface area (Å²) in [5, 5.41) is 0. The van der Waals surface area contributed by atoms with Crippen molar-refractivity contribution in [3.63, 3.8) is 0 Å². The van der Waals surface area contributed by atoms with Crippen molar-refractivity contribution in [2.24, 2.45) is 0 Å². The van der Waals surface area contributed by atoms with E-state index in [0.717, 1.165) is 18.2 Å². The van der Waals surface area contributed by atoms with Gasteiger partial charge in [0.2, 0.25) is 0 Å². The standard InChI is InChI=1S/C7H8O6S2/c1-5-6(14(8,9)10)3-2-4-7(5)15(11,12)13/h2-4H,1H3,(H,8,9,10)(H,11,12,13). The van der Waals surface area contributed by atoms with Crippen LogP contribution in [-0.4, -0.2) is 25.9 Å². The lowest BCUT2D eigenvalue weighted by Gasteiger charge is -2.05. The first-order chi connectivity index (χ1) is 6.64. The molecule has 1 aromatic carbocycles. The molecule has 0 aliphatic rings. The molecular formula is C7H8O6S2.